The monoisotopic (exact) mass is 103 g/mol. The first-order chi connectivity index (χ1) is 2.50. The molecule has 0 amide bonds. The van der Waals surface area contributed by atoms with Gasteiger partial charge in [-0.2, -0.15) is 0 Å². The molecule has 3 heteroatoms. The minimum Gasteiger partial charge on any atom is -0.264 e. The van der Waals surface area contributed by atoms with Crippen molar-refractivity contribution in [2.45, 2.75) is 6.42 Å². The molecule has 35 valence electrons. The Kier molecular flexibility index (Phi) is 3.62. The van der Waals surface area contributed by atoms with Crippen molar-refractivity contribution in [1.82, 2.24) is 10.9 Å². The summed E-state index contributed by atoms with van der Waals surface area (Å²) in [6, 6.07) is 0. The Bertz CT molecular complexity index is 20.4. The molecular formula is C3H7N2S. The van der Waals surface area contributed by atoms with Crippen molar-refractivity contribution in [3.63, 3.8) is 0 Å². The van der Waals surface area contributed by atoms with Gasteiger partial charge in [0.2, 0.25) is 0 Å². The van der Waals surface area contributed by atoms with E-state index in [-0.39, 0.29) is 6.15 Å². The molecule has 0 aromatic rings. The summed E-state index contributed by atoms with van der Waals surface area (Å²) in [4.78, 5) is 0. The van der Waals surface area contributed by atoms with Crippen LogP contribution in [0.2, 0.25) is 0 Å². The van der Waals surface area contributed by atoms with E-state index in [0.29, 0.717) is 0 Å². The van der Waals surface area contributed by atoms with Crippen LogP contribution < -0.4 is 10.9 Å². The molecule has 0 bridgehead atoms. The third-order valence-electron chi connectivity index (χ3n) is 0.627. The van der Waals surface area contributed by atoms with Crippen LogP contribution in [0.3, 0.4) is 0 Å². The van der Waals surface area contributed by atoms with Crippen LogP contribution in [-0.4, -0.2) is 12.3 Å². The van der Waals surface area contributed by atoms with Gasteiger partial charge >= 0.3 is 0 Å². The van der Waals surface area contributed by atoms with E-state index in [2.05, 4.69) is 4.72 Å². The van der Waals surface area contributed by atoms with Gasteiger partial charge in [0.25, 0.3) is 0 Å². The molecule has 1 fully saturated rings. The Hall–Kier alpha value is 0.270. The molecule has 1 saturated heterocycles. The highest BCUT2D eigenvalue weighted by Crippen LogP contribution is 2.02. The zero-order valence-electron chi connectivity index (χ0n) is 3.48. The largest absolute Gasteiger partial charge is 0.264 e. The van der Waals surface area contributed by atoms with E-state index >= 15 is 0 Å². The van der Waals surface area contributed by atoms with E-state index in [4.69, 9.17) is 0 Å². The molecule has 1 aliphatic rings. The first-order valence-corrected chi connectivity index (χ1v) is 2.83. The SMILES string of the molecule is C1CNSC1.[N]. The Morgan fingerprint density at radius 2 is 2.33 bits per heavy atom. The molecule has 0 atom stereocenters. The molecule has 6 heavy (non-hydrogen) atoms. The summed E-state index contributed by atoms with van der Waals surface area (Å²) >= 11 is 1.82. The molecule has 0 spiro atoms. The van der Waals surface area contributed by atoms with Crippen molar-refractivity contribution in [1.29, 1.82) is 0 Å². The lowest BCUT2D eigenvalue weighted by molar-refractivity contribution is 0.940. The number of nitrogens with one attached hydrogen (secondary N) is 1. The topological polar surface area (TPSA) is 42.5 Å². The second-order valence-corrected chi connectivity index (χ2v) is 2.08. The van der Waals surface area contributed by atoms with Crippen LogP contribution in [0.15, 0.2) is 0 Å². The maximum atomic E-state index is 3.14. The number of nitrogens with zero attached hydrogens (tertiary/aromatic N) is 1. The van der Waals surface area contributed by atoms with Crippen LogP contribution in [0.1, 0.15) is 6.42 Å². The maximum Gasteiger partial charge on any atom is 0.00910 e. The van der Waals surface area contributed by atoms with Crippen molar-refractivity contribution in [3.05, 3.63) is 0 Å². The highest BCUT2D eigenvalue weighted by Gasteiger charge is 1.94. The molecule has 1 heterocycles. The molecule has 0 aromatic carbocycles. The second kappa shape index (κ2) is 3.46. The molecule has 0 aliphatic carbocycles. The fraction of sp³-hybridized carbons (Fsp3) is 1.00. The summed E-state index contributed by atoms with van der Waals surface area (Å²) < 4.78 is 3.14. The zero-order chi connectivity index (χ0) is 3.54. The summed E-state index contributed by atoms with van der Waals surface area (Å²) in [7, 11) is 0. The Morgan fingerprint density at radius 3 is 2.50 bits per heavy atom. The van der Waals surface area contributed by atoms with Crippen LogP contribution in [-0.2, 0) is 0 Å². The summed E-state index contributed by atoms with van der Waals surface area (Å²) in [6.45, 7) is 1.21. The van der Waals surface area contributed by atoms with Crippen molar-refractivity contribution >= 4 is 11.9 Å². The third kappa shape index (κ3) is 1.64. The highest BCUT2D eigenvalue weighted by molar-refractivity contribution is 7.97. The number of rotatable bonds is 0. The van der Waals surface area contributed by atoms with E-state index in [1.54, 1.807) is 0 Å². The van der Waals surface area contributed by atoms with Gasteiger partial charge in [0.15, 0.2) is 0 Å². The van der Waals surface area contributed by atoms with Gasteiger partial charge in [-0.1, -0.05) is 11.9 Å². The summed E-state index contributed by atoms with van der Waals surface area (Å²) in [5.74, 6) is 1.31. The summed E-state index contributed by atoms with van der Waals surface area (Å²) in [5.41, 5.74) is 0. The molecule has 1 rings (SSSR count). The fourth-order valence-corrected chi connectivity index (χ4v) is 1.08. The molecule has 0 unspecified atom stereocenters. The van der Waals surface area contributed by atoms with E-state index in [0.717, 1.165) is 0 Å². The summed E-state index contributed by atoms with van der Waals surface area (Å²) in [6.07, 6.45) is 1.35. The van der Waals surface area contributed by atoms with Gasteiger partial charge in [-0.3, -0.25) is 4.72 Å². The molecule has 2 nitrogen and oxygen atoms in total. The van der Waals surface area contributed by atoms with Gasteiger partial charge < -0.3 is 0 Å². The van der Waals surface area contributed by atoms with Gasteiger partial charge in [0, 0.05) is 18.4 Å². The standard InChI is InChI=1S/C3H7NS.N/c1-2-4-5-3-1;/h4H,1-3H2;. The smallest absolute Gasteiger partial charge is 0.00910 e. The minimum atomic E-state index is 0. The van der Waals surface area contributed by atoms with Crippen molar-refractivity contribution in [2.75, 3.05) is 12.3 Å². The van der Waals surface area contributed by atoms with Crippen molar-refractivity contribution in [3.8, 4) is 0 Å². The van der Waals surface area contributed by atoms with E-state index < -0.39 is 0 Å². The van der Waals surface area contributed by atoms with Crippen LogP contribution in [0.5, 0.6) is 0 Å². The first-order valence-electron chi connectivity index (χ1n) is 1.85. The first kappa shape index (κ1) is 6.27. The number of hydrogen-bond acceptors (Lipinski definition) is 2. The predicted octanol–water partition coefficient (Wildman–Crippen LogP) is 0.147. The molecule has 0 aromatic heterocycles. The lowest BCUT2D eigenvalue weighted by Crippen LogP contribution is -1.91. The molecule has 0 saturated carbocycles. The van der Waals surface area contributed by atoms with Crippen LogP contribution in [0, 0.1) is 0 Å². The Morgan fingerprint density at radius 1 is 1.50 bits per heavy atom. The van der Waals surface area contributed by atoms with Gasteiger partial charge in [0.05, 0.1) is 0 Å². The van der Waals surface area contributed by atoms with Gasteiger partial charge in [0.1, 0.15) is 0 Å². The quantitative estimate of drug-likeness (QED) is 0.443. The Balaban J connectivity index is 0.000000250. The zero-order valence-corrected chi connectivity index (χ0v) is 4.29. The number of hydrogen-bond donors (Lipinski definition) is 1. The average molecular weight is 103 g/mol. The average Bonchev–Trinajstić information content (AvgIpc) is 1.76. The van der Waals surface area contributed by atoms with Crippen molar-refractivity contribution in [2.24, 2.45) is 0 Å². The normalized spacial score (nSPS) is 20.0. The molecule has 3 radical (unpaired) electrons. The molecule has 1 N–H and O–H groups in total. The van der Waals surface area contributed by atoms with E-state index in [1.807, 2.05) is 11.9 Å². The van der Waals surface area contributed by atoms with Crippen LogP contribution >= 0.6 is 11.9 Å². The van der Waals surface area contributed by atoms with Crippen LogP contribution in [0.4, 0.5) is 0 Å². The van der Waals surface area contributed by atoms with Gasteiger partial charge in [-0.25, -0.2) is 0 Å². The van der Waals surface area contributed by atoms with Crippen molar-refractivity contribution < 1.29 is 0 Å². The Labute approximate surface area is 42.4 Å². The fourth-order valence-electron chi connectivity index (χ4n) is 0.361. The lowest BCUT2D eigenvalue weighted by Gasteiger charge is -1.75. The maximum absolute atomic E-state index is 3.14. The van der Waals surface area contributed by atoms with Crippen LogP contribution in [0.25, 0.3) is 0 Å². The minimum absolute atomic E-state index is 0. The summed E-state index contributed by atoms with van der Waals surface area (Å²) in [5, 5.41) is 0. The molecule has 1 aliphatic heterocycles. The lowest BCUT2D eigenvalue weighted by atomic mass is 10.5. The van der Waals surface area contributed by atoms with E-state index in [1.165, 1.54) is 18.7 Å². The predicted molar refractivity (Wildman–Crippen MR) is 27.2 cm³/mol. The third-order valence-corrected chi connectivity index (χ3v) is 1.53. The highest BCUT2D eigenvalue weighted by atomic mass is 32.2. The van der Waals surface area contributed by atoms with E-state index in [9.17, 15) is 0 Å². The molecular weight excluding hydrogens is 96.1 g/mol. The van der Waals surface area contributed by atoms with Gasteiger partial charge in [-0.15, -0.1) is 0 Å². The second-order valence-electron chi connectivity index (χ2n) is 1.10. The van der Waals surface area contributed by atoms with Gasteiger partial charge in [-0.05, 0) is 6.42 Å².